The van der Waals surface area contributed by atoms with Crippen molar-refractivity contribution < 1.29 is 4.74 Å². The molecule has 3 heteroatoms. The van der Waals surface area contributed by atoms with Crippen molar-refractivity contribution in [3.63, 3.8) is 0 Å². The van der Waals surface area contributed by atoms with Crippen molar-refractivity contribution in [3.8, 4) is 0 Å². The second kappa shape index (κ2) is 5.32. The van der Waals surface area contributed by atoms with Gasteiger partial charge in [-0.3, -0.25) is 5.01 Å². The van der Waals surface area contributed by atoms with Gasteiger partial charge in [0.05, 0.1) is 12.6 Å². The number of rotatable bonds is 4. The van der Waals surface area contributed by atoms with Gasteiger partial charge in [-0.15, -0.1) is 0 Å². The van der Waals surface area contributed by atoms with Crippen LogP contribution in [-0.4, -0.2) is 24.4 Å². The van der Waals surface area contributed by atoms with Gasteiger partial charge in [-0.25, -0.2) is 0 Å². The van der Waals surface area contributed by atoms with Gasteiger partial charge in [0.15, 0.2) is 0 Å². The number of hydrogen-bond acceptors (Lipinski definition) is 3. The van der Waals surface area contributed by atoms with E-state index in [0.717, 1.165) is 13.0 Å². The van der Waals surface area contributed by atoms with Gasteiger partial charge in [0.1, 0.15) is 0 Å². The molecule has 92 valence electrons. The van der Waals surface area contributed by atoms with Gasteiger partial charge < -0.3 is 4.74 Å². The number of ether oxygens (including phenoxy) is 1. The van der Waals surface area contributed by atoms with Crippen LogP contribution in [0.4, 0.5) is 0 Å². The van der Waals surface area contributed by atoms with E-state index in [-0.39, 0.29) is 0 Å². The number of hydrogen-bond donors (Lipinski definition) is 0. The van der Waals surface area contributed by atoms with Crippen molar-refractivity contribution in [2.24, 2.45) is 5.10 Å². The van der Waals surface area contributed by atoms with Gasteiger partial charge in [-0.05, 0) is 25.0 Å². The maximum absolute atomic E-state index is 5.39. The summed E-state index contributed by atoms with van der Waals surface area (Å²) in [5.41, 5.74) is 3.76. The molecule has 0 aromatic heterocycles. The standard InChI is InChI=1S/C14H20N2O/c1-4-17-10-12-5-7-13(8-6-12)14-9-11(2)15-16(14)3/h5-8,14H,4,9-10H2,1-3H3. The second-order valence-electron chi connectivity index (χ2n) is 4.51. The molecule has 1 aromatic rings. The molecule has 1 heterocycles. The lowest BCUT2D eigenvalue weighted by Gasteiger charge is -2.19. The van der Waals surface area contributed by atoms with Gasteiger partial charge in [0.25, 0.3) is 0 Å². The molecule has 1 aliphatic heterocycles. The monoisotopic (exact) mass is 232 g/mol. The average molecular weight is 232 g/mol. The van der Waals surface area contributed by atoms with E-state index in [1.165, 1.54) is 16.8 Å². The number of nitrogens with zero attached hydrogens (tertiary/aromatic N) is 2. The van der Waals surface area contributed by atoms with Crippen LogP contribution in [0, 0.1) is 0 Å². The molecule has 0 bridgehead atoms. The van der Waals surface area contributed by atoms with Crippen LogP contribution in [0.1, 0.15) is 37.4 Å². The number of benzene rings is 1. The van der Waals surface area contributed by atoms with E-state index < -0.39 is 0 Å². The summed E-state index contributed by atoms with van der Waals surface area (Å²) < 4.78 is 5.39. The lowest BCUT2D eigenvalue weighted by molar-refractivity contribution is 0.134. The summed E-state index contributed by atoms with van der Waals surface area (Å²) >= 11 is 0. The summed E-state index contributed by atoms with van der Waals surface area (Å²) in [5, 5.41) is 6.49. The molecule has 1 atom stereocenters. The number of hydrazone groups is 1. The lowest BCUT2D eigenvalue weighted by Crippen LogP contribution is -2.13. The maximum Gasteiger partial charge on any atom is 0.0769 e. The lowest BCUT2D eigenvalue weighted by atomic mass is 10.0. The van der Waals surface area contributed by atoms with E-state index in [4.69, 9.17) is 4.74 Å². The fourth-order valence-corrected chi connectivity index (χ4v) is 2.18. The van der Waals surface area contributed by atoms with Crippen LogP contribution < -0.4 is 0 Å². The van der Waals surface area contributed by atoms with Gasteiger partial charge in [-0.2, -0.15) is 5.10 Å². The molecule has 1 aromatic carbocycles. The summed E-state index contributed by atoms with van der Waals surface area (Å²) in [6.45, 7) is 5.56. The Morgan fingerprint density at radius 3 is 2.59 bits per heavy atom. The van der Waals surface area contributed by atoms with Crippen molar-refractivity contribution in [3.05, 3.63) is 35.4 Å². The minimum atomic E-state index is 0.399. The first-order valence-electron chi connectivity index (χ1n) is 6.14. The van der Waals surface area contributed by atoms with E-state index in [2.05, 4.69) is 36.3 Å². The molecular formula is C14H20N2O. The summed E-state index contributed by atoms with van der Waals surface area (Å²) in [5.74, 6) is 0. The zero-order valence-electron chi connectivity index (χ0n) is 10.8. The highest BCUT2D eigenvalue weighted by Crippen LogP contribution is 2.28. The fraction of sp³-hybridized carbons (Fsp3) is 0.500. The molecule has 1 unspecified atom stereocenters. The second-order valence-corrected chi connectivity index (χ2v) is 4.51. The van der Waals surface area contributed by atoms with E-state index in [9.17, 15) is 0 Å². The third-order valence-electron chi connectivity index (χ3n) is 3.11. The first-order valence-corrected chi connectivity index (χ1v) is 6.14. The zero-order chi connectivity index (χ0) is 12.3. The molecule has 2 rings (SSSR count). The van der Waals surface area contributed by atoms with Crippen molar-refractivity contribution in [1.29, 1.82) is 0 Å². The molecular weight excluding hydrogens is 212 g/mol. The highest BCUT2D eigenvalue weighted by molar-refractivity contribution is 5.83. The third kappa shape index (κ3) is 2.86. The Kier molecular flexibility index (Phi) is 3.79. The summed E-state index contributed by atoms with van der Waals surface area (Å²) in [7, 11) is 2.04. The molecule has 17 heavy (non-hydrogen) atoms. The Balaban J connectivity index is 2.03. The predicted octanol–water partition coefficient (Wildman–Crippen LogP) is 2.98. The van der Waals surface area contributed by atoms with Crippen LogP contribution in [0.2, 0.25) is 0 Å². The topological polar surface area (TPSA) is 24.8 Å². The molecule has 0 amide bonds. The largest absolute Gasteiger partial charge is 0.377 e. The Labute approximate surface area is 103 Å². The van der Waals surface area contributed by atoms with E-state index in [1.807, 2.05) is 19.0 Å². The Hall–Kier alpha value is -1.35. The van der Waals surface area contributed by atoms with Crippen molar-refractivity contribution >= 4 is 5.71 Å². The molecule has 1 aliphatic rings. The Morgan fingerprint density at radius 1 is 1.35 bits per heavy atom. The normalized spacial score (nSPS) is 19.6. The van der Waals surface area contributed by atoms with E-state index in [1.54, 1.807) is 0 Å². The van der Waals surface area contributed by atoms with Crippen LogP contribution in [0.25, 0.3) is 0 Å². The van der Waals surface area contributed by atoms with Crippen LogP contribution >= 0.6 is 0 Å². The highest BCUT2D eigenvalue weighted by Gasteiger charge is 2.22. The Morgan fingerprint density at radius 2 is 2.06 bits per heavy atom. The molecule has 3 nitrogen and oxygen atoms in total. The van der Waals surface area contributed by atoms with Crippen molar-refractivity contribution in [2.45, 2.75) is 32.9 Å². The summed E-state index contributed by atoms with van der Waals surface area (Å²) in [6.07, 6.45) is 1.03. The maximum atomic E-state index is 5.39. The first-order chi connectivity index (χ1) is 8.20. The summed E-state index contributed by atoms with van der Waals surface area (Å²) in [6, 6.07) is 9.06. The van der Waals surface area contributed by atoms with Crippen LogP contribution in [-0.2, 0) is 11.3 Å². The fourth-order valence-electron chi connectivity index (χ4n) is 2.18. The van der Waals surface area contributed by atoms with E-state index >= 15 is 0 Å². The predicted molar refractivity (Wildman–Crippen MR) is 70.0 cm³/mol. The molecule has 0 saturated heterocycles. The molecule has 0 aliphatic carbocycles. The minimum Gasteiger partial charge on any atom is -0.377 e. The van der Waals surface area contributed by atoms with Gasteiger partial charge in [-0.1, -0.05) is 24.3 Å². The highest BCUT2D eigenvalue weighted by atomic mass is 16.5. The van der Waals surface area contributed by atoms with Crippen LogP contribution in [0.15, 0.2) is 29.4 Å². The Bertz CT molecular complexity index is 397. The van der Waals surface area contributed by atoms with Crippen LogP contribution in [0.5, 0.6) is 0 Å². The van der Waals surface area contributed by atoms with Gasteiger partial charge >= 0.3 is 0 Å². The quantitative estimate of drug-likeness (QED) is 0.797. The van der Waals surface area contributed by atoms with Crippen molar-refractivity contribution in [1.82, 2.24) is 5.01 Å². The van der Waals surface area contributed by atoms with E-state index in [0.29, 0.717) is 12.6 Å². The smallest absolute Gasteiger partial charge is 0.0769 e. The van der Waals surface area contributed by atoms with Crippen molar-refractivity contribution in [2.75, 3.05) is 13.7 Å². The molecule has 0 fully saturated rings. The summed E-state index contributed by atoms with van der Waals surface area (Å²) in [4.78, 5) is 0. The SMILES string of the molecule is CCOCc1ccc(C2CC(C)=NN2C)cc1. The molecule has 0 radical (unpaired) electrons. The molecule has 0 N–H and O–H groups in total. The third-order valence-corrected chi connectivity index (χ3v) is 3.11. The minimum absolute atomic E-state index is 0.399. The van der Waals surface area contributed by atoms with Gasteiger partial charge in [0.2, 0.25) is 0 Å². The average Bonchev–Trinajstić information content (AvgIpc) is 2.66. The zero-order valence-corrected chi connectivity index (χ0v) is 10.8. The molecule has 0 spiro atoms. The van der Waals surface area contributed by atoms with Gasteiger partial charge in [0, 0.05) is 25.8 Å². The first kappa shape index (κ1) is 12.1. The molecule has 0 saturated carbocycles. The van der Waals surface area contributed by atoms with Crippen LogP contribution in [0.3, 0.4) is 0 Å².